The molecule has 182 valence electrons. The lowest BCUT2D eigenvalue weighted by molar-refractivity contribution is -0.123. The number of amides is 2. The summed E-state index contributed by atoms with van der Waals surface area (Å²) in [5, 5.41) is 4.92. The van der Waals surface area contributed by atoms with Crippen LogP contribution in [0.15, 0.2) is 47.8 Å². The van der Waals surface area contributed by atoms with Crippen molar-refractivity contribution in [1.82, 2.24) is 5.32 Å². The van der Waals surface area contributed by atoms with Crippen molar-refractivity contribution >= 4 is 57.5 Å². The number of hydrogen-bond acceptors (Lipinski definition) is 4. The van der Waals surface area contributed by atoms with Gasteiger partial charge in [-0.05, 0) is 92.2 Å². The Kier molecular flexibility index (Phi) is 6.10. The number of carbonyl (C=O) groups is 2. The van der Waals surface area contributed by atoms with Crippen LogP contribution in [-0.4, -0.2) is 22.5 Å². The van der Waals surface area contributed by atoms with Crippen molar-refractivity contribution in [2.75, 3.05) is 9.80 Å². The zero-order valence-electron chi connectivity index (χ0n) is 19.8. The smallest absolute Gasteiger partial charge is 0.261 e. The highest BCUT2D eigenvalue weighted by molar-refractivity contribution is 7.81. The molecule has 1 aromatic heterocycles. The third-order valence-corrected chi connectivity index (χ3v) is 8.33. The van der Waals surface area contributed by atoms with Gasteiger partial charge in [-0.3, -0.25) is 14.5 Å². The molecule has 2 aromatic carbocycles. The molecule has 1 aliphatic carbocycles. The fraction of sp³-hybridized carbons (Fsp3) is 0.259. The van der Waals surface area contributed by atoms with Gasteiger partial charge in [0.2, 0.25) is 0 Å². The SMILES string of the molecule is [C-]#[N+]c1ccc(N2C(=O)C3(CCC3)N(c3ccc(CNC(=O)c4sccc4C)c(F)c3)C2=S)cc1C. The number of rotatable bonds is 5. The highest BCUT2D eigenvalue weighted by Gasteiger charge is 2.59. The van der Waals surface area contributed by atoms with Crippen LogP contribution in [0.4, 0.5) is 21.5 Å². The van der Waals surface area contributed by atoms with Gasteiger partial charge in [0.15, 0.2) is 10.8 Å². The van der Waals surface area contributed by atoms with Crippen LogP contribution < -0.4 is 15.1 Å². The highest BCUT2D eigenvalue weighted by atomic mass is 32.1. The molecule has 1 saturated carbocycles. The van der Waals surface area contributed by atoms with Gasteiger partial charge >= 0.3 is 0 Å². The van der Waals surface area contributed by atoms with E-state index in [1.165, 1.54) is 22.3 Å². The number of halogens is 1. The molecule has 1 saturated heterocycles. The van der Waals surface area contributed by atoms with E-state index in [-0.39, 0.29) is 18.4 Å². The average molecular weight is 519 g/mol. The molecule has 5 rings (SSSR count). The first kappa shape index (κ1) is 24.1. The molecule has 9 heteroatoms. The van der Waals surface area contributed by atoms with Crippen LogP contribution in [0.25, 0.3) is 4.85 Å². The van der Waals surface area contributed by atoms with Crippen LogP contribution in [0.3, 0.4) is 0 Å². The minimum Gasteiger partial charge on any atom is -0.347 e. The molecule has 1 N–H and O–H groups in total. The summed E-state index contributed by atoms with van der Waals surface area (Å²) >= 11 is 7.12. The summed E-state index contributed by atoms with van der Waals surface area (Å²) in [5.41, 5.74) is 2.79. The molecule has 2 amide bonds. The van der Waals surface area contributed by atoms with Gasteiger partial charge in [0.1, 0.15) is 11.4 Å². The summed E-state index contributed by atoms with van der Waals surface area (Å²) in [5.74, 6) is -0.839. The first-order valence-electron chi connectivity index (χ1n) is 11.5. The van der Waals surface area contributed by atoms with E-state index in [1.54, 1.807) is 35.2 Å². The molecule has 0 unspecified atom stereocenters. The molecule has 36 heavy (non-hydrogen) atoms. The van der Waals surface area contributed by atoms with E-state index in [1.807, 2.05) is 25.3 Å². The van der Waals surface area contributed by atoms with Crippen LogP contribution in [0, 0.1) is 26.2 Å². The summed E-state index contributed by atoms with van der Waals surface area (Å²) in [6.07, 6.45) is 2.13. The van der Waals surface area contributed by atoms with Crippen LogP contribution in [0.1, 0.15) is 45.6 Å². The minimum atomic E-state index is -0.831. The van der Waals surface area contributed by atoms with Crippen LogP contribution in [0.2, 0.25) is 0 Å². The number of nitrogens with one attached hydrogen (secondary N) is 1. The van der Waals surface area contributed by atoms with Crippen LogP contribution in [-0.2, 0) is 11.3 Å². The normalized spacial score (nSPS) is 16.3. The third kappa shape index (κ3) is 3.77. The predicted octanol–water partition coefficient (Wildman–Crippen LogP) is 6.05. The molecule has 2 heterocycles. The number of carbonyl (C=O) groups excluding carboxylic acids is 2. The maximum absolute atomic E-state index is 15.2. The standard InChI is InChI=1S/C27H23FN4O2S2/c1-16-9-12-36-23(16)24(33)30-15-18-5-6-20(14-21(18)28)32-26(35)31(25(34)27(32)10-4-11-27)19-7-8-22(29-3)17(2)13-19/h5-9,12-14H,4,10-11,15H2,1-2H3,(H,30,33). The molecule has 3 aromatic rings. The van der Waals surface area contributed by atoms with Crippen molar-refractivity contribution in [3.05, 3.63) is 86.6 Å². The fourth-order valence-electron chi connectivity index (χ4n) is 4.79. The maximum atomic E-state index is 15.2. The lowest BCUT2D eigenvalue weighted by Gasteiger charge is -2.43. The second-order valence-corrected chi connectivity index (χ2v) is 10.4. The van der Waals surface area contributed by atoms with Crippen molar-refractivity contribution in [2.24, 2.45) is 0 Å². The number of aryl methyl sites for hydroxylation is 2. The Labute approximate surface area is 218 Å². The summed E-state index contributed by atoms with van der Waals surface area (Å²) in [4.78, 5) is 33.4. The Morgan fingerprint density at radius 2 is 1.92 bits per heavy atom. The summed E-state index contributed by atoms with van der Waals surface area (Å²) in [7, 11) is 0. The molecule has 0 atom stereocenters. The largest absolute Gasteiger partial charge is 0.347 e. The molecule has 1 aliphatic heterocycles. The van der Waals surface area contributed by atoms with Gasteiger partial charge in [-0.1, -0.05) is 12.1 Å². The molecule has 0 bridgehead atoms. The van der Waals surface area contributed by atoms with E-state index in [0.717, 1.165) is 17.5 Å². The zero-order valence-corrected chi connectivity index (χ0v) is 21.4. The second-order valence-electron chi connectivity index (χ2n) is 9.12. The van der Waals surface area contributed by atoms with Crippen molar-refractivity contribution in [3.63, 3.8) is 0 Å². The van der Waals surface area contributed by atoms with E-state index in [9.17, 15) is 9.59 Å². The lowest BCUT2D eigenvalue weighted by atomic mass is 9.75. The van der Waals surface area contributed by atoms with Crippen LogP contribution in [0.5, 0.6) is 0 Å². The first-order chi connectivity index (χ1) is 17.3. The Morgan fingerprint density at radius 3 is 2.50 bits per heavy atom. The van der Waals surface area contributed by atoms with Gasteiger partial charge in [0.25, 0.3) is 11.8 Å². The molecular formula is C27H23FN4O2S2. The lowest BCUT2D eigenvalue weighted by Crippen LogP contribution is -2.55. The van der Waals surface area contributed by atoms with Gasteiger partial charge in [-0.25, -0.2) is 9.24 Å². The average Bonchev–Trinajstić information content (AvgIpc) is 3.35. The number of thiophene rings is 1. The van der Waals surface area contributed by atoms with Crippen molar-refractivity contribution < 1.29 is 14.0 Å². The number of benzene rings is 2. The van der Waals surface area contributed by atoms with E-state index >= 15 is 4.39 Å². The van der Waals surface area contributed by atoms with Gasteiger partial charge in [0.05, 0.1) is 11.4 Å². The molecule has 6 nitrogen and oxygen atoms in total. The van der Waals surface area contributed by atoms with Gasteiger partial charge in [-0.2, -0.15) is 0 Å². The molecule has 0 radical (unpaired) electrons. The predicted molar refractivity (Wildman–Crippen MR) is 143 cm³/mol. The number of thiocarbonyl (C=S) groups is 1. The quantitative estimate of drug-likeness (QED) is 0.330. The van der Waals surface area contributed by atoms with Crippen molar-refractivity contribution in [1.29, 1.82) is 0 Å². The zero-order chi connectivity index (χ0) is 25.6. The summed E-state index contributed by atoms with van der Waals surface area (Å²) in [6.45, 7) is 11.0. The summed E-state index contributed by atoms with van der Waals surface area (Å²) in [6, 6.07) is 11.8. The fourth-order valence-corrected chi connectivity index (χ4v) is 6.10. The van der Waals surface area contributed by atoms with Gasteiger partial charge < -0.3 is 10.2 Å². The van der Waals surface area contributed by atoms with E-state index < -0.39 is 11.4 Å². The second kappa shape index (κ2) is 9.12. The molecule has 2 fully saturated rings. The Hall–Kier alpha value is -3.61. The third-order valence-electron chi connectivity index (χ3n) is 6.95. The van der Waals surface area contributed by atoms with Crippen LogP contribution >= 0.6 is 23.6 Å². The Bertz CT molecular complexity index is 1450. The highest BCUT2D eigenvalue weighted by Crippen LogP contribution is 2.48. The maximum Gasteiger partial charge on any atom is 0.261 e. The molecule has 1 spiro atoms. The molecule has 2 aliphatic rings. The van der Waals surface area contributed by atoms with E-state index in [2.05, 4.69) is 10.2 Å². The van der Waals surface area contributed by atoms with Crippen molar-refractivity contribution in [3.8, 4) is 0 Å². The van der Waals surface area contributed by atoms with E-state index in [4.69, 9.17) is 18.8 Å². The van der Waals surface area contributed by atoms with Gasteiger partial charge in [-0.15, -0.1) is 11.3 Å². The Balaban J connectivity index is 1.42. The minimum absolute atomic E-state index is 0.0512. The Morgan fingerprint density at radius 1 is 1.17 bits per heavy atom. The molecular weight excluding hydrogens is 495 g/mol. The number of anilines is 2. The first-order valence-corrected chi connectivity index (χ1v) is 12.8. The number of hydrogen-bond donors (Lipinski definition) is 1. The van der Waals surface area contributed by atoms with Crippen molar-refractivity contribution in [2.45, 2.75) is 45.2 Å². The summed E-state index contributed by atoms with van der Waals surface area (Å²) < 4.78 is 15.2. The van der Waals surface area contributed by atoms with E-state index in [0.29, 0.717) is 45.5 Å². The van der Waals surface area contributed by atoms with Gasteiger partial charge in [0, 0.05) is 23.5 Å². The monoisotopic (exact) mass is 518 g/mol. The number of nitrogens with zero attached hydrogens (tertiary/aromatic N) is 3. The topological polar surface area (TPSA) is 57.0 Å².